The molecule has 4 heterocycles. The number of halogens is 3. The molecule has 3 aliphatic heterocycles. The Labute approximate surface area is 284 Å². The van der Waals surface area contributed by atoms with Crippen LogP contribution < -0.4 is 14.8 Å². The van der Waals surface area contributed by atoms with E-state index in [1.807, 2.05) is 35.1 Å². The van der Waals surface area contributed by atoms with Crippen molar-refractivity contribution in [1.29, 1.82) is 0 Å². The van der Waals surface area contributed by atoms with Gasteiger partial charge in [0.2, 0.25) is 15.9 Å². The SMILES string of the molecule is COc1ccc(-c2c(C3CCCCC3)c3ccc(C(=O)NS(=O)(=O)CCC(F)(F)F)cc3n2CC2(C(=O)N3CC4CCC3CN4)CC2)cc1. The lowest BCUT2D eigenvalue weighted by Crippen LogP contribution is -2.63. The van der Waals surface area contributed by atoms with Gasteiger partial charge >= 0.3 is 6.18 Å². The number of methoxy groups -OCH3 is 1. The van der Waals surface area contributed by atoms with Crippen molar-refractivity contribution < 1.29 is 35.9 Å². The first-order valence-electron chi connectivity index (χ1n) is 17.3. The molecule has 2 N–H and O–H groups in total. The molecule has 2 amide bonds. The second kappa shape index (κ2) is 12.9. The lowest BCUT2D eigenvalue weighted by molar-refractivity contribution is -0.143. The summed E-state index contributed by atoms with van der Waals surface area (Å²) < 4.78 is 72.7. The Balaban J connectivity index is 1.33. The molecule has 1 aromatic heterocycles. The normalized spacial score (nSPS) is 22.3. The summed E-state index contributed by atoms with van der Waals surface area (Å²) in [5.74, 6) is -1.12. The van der Waals surface area contributed by atoms with Gasteiger partial charge in [-0.2, -0.15) is 13.2 Å². The summed E-state index contributed by atoms with van der Waals surface area (Å²) in [6, 6.07) is 13.3. The van der Waals surface area contributed by atoms with Gasteiger partial charge in [-0.1, -0.05) is 25.3 Å². The summed E-state index contributed by atoms with van der Waals surface area (Å²) in [7, 11) is -2.92. The van der Waals surface area contributed by atoms with Crippen molar-refractivity contribution in [3.63, 3.8) is 0 Å². The Morgan fingerprint density at radius 1 is 1.02 bits per heavy atom. The van der Waals surface area contributed by atoms with Crippen molar-refractivity contribution in [3.05, 3.63) is 53.6 Å². The van der Waals surface area contributed by atoms with Crippen LogP contribution in [0.15, 0.2) is 42.5 Å². The Morgan fingerprint density at radius 3 is 2.35 bits per heavy atom. The Kier molecular flexibility index (Phi) is 8.96. The van der Waals surface area contributed by atoms with E-state index in [-0.39, 0.29) is 23.4 Å². The second-order valence-electron chi connectivity index (χ2n) is 14.3. The van der Waals surface area contributed by atoms with Crippen LogP contribution in [0.1, 0.15) is 86.0 Å². The molecule has 2 atom stereocenters. The molecule has 2 saturated carbocycles. The first-order chi connectivity index (χ1) is 23.4. The minimum atomic E-state index is -4.68. The van der Waals surface area contributed by atoms with E-state index in [1.54, 1.807) is 19.2 Å². The van der Waals surface area contributed by atoms with E-state index in [0.717, 1.165) is 86.5 Å². The number of nitrogens with zero attached hydrogens (tertiary/aromatic N) is 2. The summed E-state index contributed by atoms with van der Waals surface area (Å²) in [5.41, 5.74) is 3.19. The van der Waals surface area contributed by atoms with Crippen molar-refractivity contribution in [3.8, 4) is 17.0 Å². The van der Waals surface area contributed by atoms with Gasteiger partial charge in [-0.25, -0.2) is 13.1 Å². The van der Waals surface area contributed by atoms with E-state index in [1.165, 1.54) is 0 Å². The maximum absolute atomic E-state index is 14.4. The quantitative estimate of drug-likeness (QED) is 0.264. The lowest BCUT2D eigenvalue weighted by Gasteiger charge is -2.47. The topological polar surface area (TPSA) is 110 Å². The van der Waals surface area contributed by atoms with Crippen molar-refractivity contribution >= 4 is 32.7 Å². The summed E-state index contributed by atoms with van der Waals surface area (Å²) in [6.07, 6.45) is 2.62. The number of amides is 2. The smallest absolute Gasteiger partial charge is 0.390 e. The van der Waals surface area contributed by atoms with Gasteiger partial charge in [0, 0.05) is 48.2 Å². The summed E-state index contributed by atoms with van der Waals surface area (Å²) in [6.45, 7) is 1.89. The molecular weight excluding hydrogens is 657 g/mol. The number of benzene rings is 2. The third-order valence-electron chi connectivity index (χ3n) is 11.0. The first-order valence-corrected chi connectivity index (χ1v) is 19.0. The number of ether oxygens (including phenoxy) is 1. The minimum absolute atomic E-state index is 0.0221. The van der Waals surface area contributed by atoms with Gasteiger partial charge in [0.15, 0.2) is 0 Å². The molecule has 2 aromatic carbocycles. The first kappa shape index (κ1) is 33.9. The third kappa shape index (κ3) is 6.93. The van der Waals surface area contributed by atoms with Crippen LogP contribution in [-0.2, 0) is 21.4 Å². The van der Waals surface area contributed by atoms with Crippen LogP contribution in [0, 0.1) is 5.41 Å². The van der Waals surface area contributed by atoms with Gasteiger partial charge in [0.25, 0.3) is 5.91 Å². The van der Waals surface area contributed by atoms with E-state index in [4.69, 9.17) is 4.74 Å². The maximum atomic E-state index is 14.4. The second-order valence-corrected chi connectivity index (χ2v) is 16.2. The Morgan fingerprint density at radius 2 is 1.76 bits per heavy atom. The molecule has 5 fully saturated rings. The van der Waals surface area contributed by atoms with Gasteiger partial charge in [0.1, 0.15) is 5.75 Å². The summed E-state index contributed by atoms with van der Waals surface area (Å²) >= 11 is 0. The Hall–Kier alpha value is -3.58. The van der Waals surface area contributed by atoms with E-state index >= 15 is 0 Å². The number of sulfonamides is 1. The highest BCUT2D eigenvalue weighted by Gasteiger charge is 2.54. The van der Waals surface area contributed by atoms with Crippen molar-refractivity contribution in [2.75, 3.05) is 26.0 Å². The van der Waals surface area contributed by atoms with E-state index < -0.39 is 39.7 Å². The van der Waals surface area contributed by atoms with Gasteiger partial charge in [-0.05, 0) is 92.0 Å². The van der Waals surface area contributed by atoms with Crippen molar-refractivity contribution in [2.24, 2.45) is 5.41 Å². The molecule has 8 rings (SSSR count). The highest BCUT2D eigenvalue weighted by atomic mass is 32.2. The third-order valence-corrected chi connectivity index (χ3v) is 12.3. The number of rotatable bonds is 10. The van der Waals surface area contributed by atoms with Crippen LogP contribution in [0.5, 0.6) is 5.75 Å². The van der Waals surface area contributed by atoms with E-state index in [0.29, 0.717) is 30.4 Å². The van der Waals surface area contributed by atoms with Crippen LogP contribution in [0.4, 0.5) is 13.2 Å². The molecule has 49 heavy (non-hydrogen) atoms. The fourth-order valence-corrected chi connectivity index (χ4v) is 9.21. The number of carbonyl (C=O) groups excluding carboxylic acids is 2. The molecule has 3 aromatic rings. The zero-order chi connectivity index (χ0) is 34.6. The van der Waals surface area contributed by atoms with Crippen LogP contribution in [-0.4, -0.2) is 73.9 Å². The standard InChI is InChI=1S/C36H43F3N4O5S/c1-48-28-12-7-24(8-13-28)32-31(23-5-3-2-4-6-23)29-14-9-25(33(44)41-49(46,47)18-17-36(37,38)39)19-30(29)43(32)22-35(15-16-35)34(45)42-21-26-10-11-27(42)20-40-26/h7-9,12-14,19,23,26-27,40H,2-6,10-11,15-18,20-22H2,1H3,(H,41,44). The maximum Gasteiger partial charge on any atom is 0.390 e. The Bertz CT molecular complexity index is 1840. The molecule has 0 spiro atoms. The fourth-order valence-electron chi connectivity index (χ4n) is 8.20. The fraction of sp³-hybridized carbons (Fsp3) is 0.556. The molecule has 13 heteroatoms. The lowest BCUT2D eigenvalue weighted by atomic mass is 9.81. The van der Waals surface area contributed by atoms with Gasteiger partial charge in [-0.15, -0.1) is 0 Å². The van der Waals surface area contributed by atoms with Gasteiger partial charge in [-0.3, -0.25) is 9.59 Å². The molecule has 3 saturated heterocycles. The molecular formula is C36H43F3N4O5S. The monoisotopic (exact) mass is 700 g/mol. The number of aromatic nitrogens is 1. The van der Waals surface area contributed by atoms with E-state index in [9.17, 15) is 31.2 Å². The van der Waals surface area contributed by atoms with Crippen LogP contribution in [0.2, 0.25) is 0 Å². The highest BCUT2D eigenvalue weighted by Crippen LogP contribution is 2.53. The molecule has 5 aliphatic rings. The predicted molar refractivity (Wildman–Crippen MR) is 180 cm³/mol. The van der Waals surface area contributed by atoms with E-state index in [2.05, 4.69) is 14.8 Å². The number of alkyl halides is 3. The molecule has 0 radical (unpaired) electrons. The van der Waals surface area contributed by atoms with Crippen LogP contribution >= 0.6 is 0 Å². The van der Waals surface area contributed by atoms with Crippen molar-refractivity contribution in [2.45, 2.75) is 94.9 Å². The van der Waals surface area contributed by atoms with Crippen molar-refractivity contribution in [1.82, 2.24) is 19.5 Å². The average molecular weight is 701 g/mol. The number of hydrogen-bond donors (Lipinski definition) is 2. The summed E-state index contributed by atoms with van der Waals surface area (Å²) in [5, 5.41) is 4.46. The molecule has 2 bridgehead atoms. The number of hydrogen-bond acceptors (Lipinski definition) is 6. The number of carbonyl (C=O) groups is 2. The molecule has 9 nitrogen and oxygen atoms in total. The summed E-state index contributed by atoms with van der Waals surface area (Å²) in [4.78, 5) is 29.7. The number of piperazine rings is 1. The predicted octanol–water partition coefficient (Wildman–Crippen LogP) is 6.12. The van der Waals surface area contributed by atoms with Crippen LogP contribution in [0.3, 0.4) is 0 Å². The number of piperidine rings is 2. The largest absolute Gasteiger partial charge is 0.497 e. The zero-order valence-corrected chi connectivity index (χ0v) is 28.5. The number of fused-ring (bicyclic) bond motifs is 4. The minimum Gasteiger partial charge on any atom is -0.497 e. The number of nitrogens with one attached hydrogen (secondary N) is 2. The molecule has 2 aliphatic carbocycles. The molecule has 264 valence electrons. The van der Waals surface area contributed by atoms with Gasteiger partial charge < -0.3 is 19.5 Å². The molecule has 2 unspecified atom stereocenters. The van der Waals surface area contributed by atoms with Crippen LogP contribution in [0.25, 0.3) is 22.2 Å². The van der Waals surface area contributed by atoms with Gasteiger partial charge in [0.05, 0.1) is 30.4 Å². The zero-order valence-electron chi connectivity index (χ0n) is 27.7. The average Bonchev–Trinajstić information content (AvgIpc) is 3.82. The highest BCUT2D eigenvalue weighted by molar-refractivity contribution is 7.90.